The summed E-state index contributed by atoms with van der Waals surface area (Å²) in [4.78, 5) is 12.5. The molecule has 0 aromatic rings. The van der Waals surface area contributed by atoms with E-state index in [9.17, 15) is 20.1 Å². The van der Waals surface area contributed by atoms with E-state index >= 15 is 0 Å². The molecule has 0 radical (unpaired) electrons. The number of rotatable bonds is 53. The third-order valence-electron chi connectivity index (χ3n) is 13.7. The number of aliphatic hydroxyl groups excluding tert-OH is 3. The van der Waals surface area contributed by atoms with Crippen LogP contribution in [0.5, 0.6) is 0 Å². The van der Waals surface area contributed by atoms with Gasteiger partial charge in [-0.25, -0.2) is 0 Å². The molecule has 5 heteroatoms. The van der Waals surface area contributed by atoms with Gasteiger partial charge in [-0.1, -0.05) is 309 Å². The van der Waals surface area contributed by atoms with Crippen LogP contribution in [0.2, 0.25) is 0 Å². The number of carbonyl (C=O) groups excluding carboxylic acids is 1. The van der Waals surface area contributed by atoms with Gasteiger partial charge in [-0.2, -0.15) is 0 Å². The summed E-state index contributed by atoms with van der Waals surface area (Å²) < 4.78 is 0. The Kier molecular flexibility index (Phi) is 51.4. The number of amides is 1. The fraction of sp³-hybridized carbons (Fsp3) is 0.982. The number of nitrogens with one attached hydrogen (secondary N) is 1. The predicted octanol–water partition coefficient (Wildman–Crippen LogP) is 17.3. The lowest BCUT2D eigenvalue weighted by molar-refractivity contribution is -0.124. The molecule has 5 nitrogen and oxygen atoms in total. The molecule has 0 rings (SSSR count). The van der Waals surface area contributed by atoms with Crippen LogP contribution < -0.4 is 5.32 Å². The molecule has 0 heterocycles. The number of aliphatic hydroxyl groups is 3. The highest BCUT2D eigenvalue weighted by molar-refractivity contribution is 5.76. The van der Waals surface area contributed by atoms with E-state index in [1.807, 2.05) is 0 Å². The molecule has 3 unspecified atom stereocenters. The molecular weight excluding hydrogens is 751 g/mol. The lowest BCUT2D eigenvalue weighted by Gasteiger charge is -2.26. The fourth-order valence-electron chi connectivity index (χ4n) is 9.34. The third kappa shape index (κ3) is 47.1. The van der Waals surface area contributed by atoms with Crippen molar-refractivity contribution in [1.29, 1.82) is 0 Å². The van der Waals surface area contributed by atoms with Crippen molar-refractivity contribution in [2.24, 2.45) is 0 Å². The van der Waals surface area contributed by atoms with Crippen molar-refractivity contribution >= 4 is 5.91 Å². The fourth-order valence-corrected chi connectivity index (χ4v) is 9.34. The number of hydrogen-bond donors (Lipinski definition) is 4. The van der Waals surface area contributed by atoms with Gasteiger partial charge in [-0.05, 0) is 12.8 Å². The van der Waals surface area contributed by atoms with Crippen LogP contribution >= 0.6 is 0 Å². The first-order valence-corrected chi connectivity index (χ1v) is 28.3. The van der Waals surface area contributed by atoms with Gasteiger partial charge < -0.3 is 20.6 Å². The molecule has 1 amide bonds. The Balaban J connectivity index is 3.49. The maximum atomic E-state index is 12.5. The average molecular weight is 865 g/mol. The second kappa shape index (κ2) is 52.0. The first-order chi connectivity index (χ1) is 30.1. The Bertz CT molecular complexity index is 822. The smallest absolute Gasteiger partial charge is 0.220 e. The van der Waals surface area contributed by atoms with Crippen molar-refractivity contribution in [3.8, 4) is 0 Å². The van der Waals surface area contributed by atoms with E-state index in [-0.39, 0.29) is 12.5 Å². The number of carbonyl (C=O) groups is 1. The van der Waals surface area contributed by atoms with Crippen LogP contribution in [0.1, 0.15) is 328 Å². The molecule has 0 aromatic carbocycles. The number of unbranched alkanes of at least 4 members (excludes halogenated alkanes) is 45. The summed E-state index contributed by atoms with van der Waals surface area (Å²) >= 11 is 0. The summed E-state index contributed by atoms with van der Waals surface area (Å²) in [5, 5.41) is 33.8. The van der Waals surface area contributed by atoms with Crippen LogP contribution in [-0.2, 0) is 4.79 Å². The summed E-state index contributed by atoms with van der Waals surface area (Å²) in [6.45, 7) is 4.23. The van der Waals surface area contributed by atoms with E-state index in [1.54, 1.807) is 0 Å². The van der Waals surface area contributed by atoms with Crippen LogP contribution in [0, 0.1) is 0 Å². The molecule has 3 atom stereocenters. The zero-order valence-electron chi connectivity index (χ0n) is 41.8. The minimum atomic E-state index is -1.13. The summed E-state index contributed by atoms with van der Waals surface area (Å²) in [6.07, 6.45) is 62.6. The maximum Gasteiger partial charge on any atom is 0.220 e. The van der Waals surface area contributed by atoms with Crippen LogP contribution in [0.15, 0.2) is 0 Å². The van der Waals surface area contributed by atoms with E-state index in [0.29, 0.717) is 12.8 Å². The lowest BCUT2D eigenvalue weighted by atomic mass is 9.99. The molecule has 4 N–H and O–H groups in total. The van der Waals surface area contributed by atoms with Gasteiger partial charge in [-0.3, -0.25) is 4.79 Å². The van der Waals surface area contributed by atoms with Crippen LogP contribution in [0.3, 0.4) is 0 Å². The summed E-state index contributed by atoms with van der Waals surface area (Å²) in [5.74, 6) is -0.136. The molecule has 0 saturated heterocycles. The van der Waals surface area contributed by atoms with Gasteiger partial charge in [0.05, 0.1) is 18.8 Å². The highest BCUT2D eigenvalue weighted by Crippen LogP contribution is 2.19. The monoisotopic (exact) mass is 864 g/mol. The van der Waals surface area contributed by atoms with Crippen molar-refractivity contribution in [1.82, 2.24) is 5.32 Å². The van der Waals surface area contributed by atoms with Crippen molar-refractivity contribution in [2.45, 2.75) is 347 Å². The first kappa shape index (κ1) is 60.4. The standard InChI is InChI=1S/C56H113NO4/c1-3-5-7-9-11-13-15-17-19-21-23-25-27-29-30-32-34-36-38-40-42-44-46-48-50-54(59)56(61)53(52-58)57-55(60)51-49-47-45-43-41-39-37-35-33-31-28-26-24-22-20-18-16-14-12-10-8-6-4-2/h53-54,56,58-59,61H,3-52H2,1-2H3,(H,57,60). The Morgan fingerprint density at radius 2 is 0.557 bits per heavy atom. The summed E-state index contributed by atoms with van der Waals surface area (Å²) in [7, 11) is 0. The molecule has 0 fully saturated rings. The normalized spacial score (nSPS) is 13.2. The van der Waals surface area contributed by atoms with Gasteiger partial charge in [0, 0.05) is 6.42 Å². The van der Waals surface area contributed by atoms with E-state index in [0.717, 1.165) is 32.1 Å². The van der Waals surface area contributed by atoms with Crippen molar-refractivity contribution in [2.75, 3.05) is 6.61 Å². The van der Waals surface area contributed by atoms with Gasteiger partial charge in [-0.15, -0.1) is 0 Å². The average Bonchev–Trinajstić information content (AvgIpc) is 3.26. The highest BCUT2D eigenvalue weighted by Gasteiger charge is 2.26. The minimum Gasteiger partial charge on any atom is -0.394 e. The van der Waals surface area contributed by atoms with E-state index < -0.39 is 18.2 Å². The SMILES string of the molecule is CCCCCCCCCCCCCCCCCCCCCCCCCCC(O)C(O)C(CO)NC(=O)CCCCCCCCCCCCCCCCCCCCCCCCC. The molecule has 366 valence electrons. The molecule has 0 aliphatic rings. The molecule has 0 bridgehead atoms. The van der Waals surface area contributed by atoms with Crippen molar-refractivity contribution < 1.29 is 20.1 Å². The highest BCUT2D eigenvalue weighted by atomic mass is 16.3. The molecule has 0 aliphatic carbocycles. The predicted molar refractivity (Wildman–Crippen MR) is 269 cm³/mol. The van der Waals surface area contributed by atoms with Crippen LogP contribution in [0.25, 0.3) is 0 Å². The van der Waals surface area contributed by atoms with Gasteiger partial charge in [0.25, 0.3) is 0 Å². The second-order valence-corrected chi connectivity index (χ2v) is 19.9. The largest absolute Gasteiger partial charge is 0.394 e. The molecular formula is C56H113NO4. The number of hydrogen-bond acceptors (Lipinski definition) is 4. The first-order valence-electron chi connectivity index (χ1n) is 28.3. The minimum absolute atomic E-state index is 0.136. The summed E-state index contributed by atoms with van der Waals surface area (Å²) in [5.41, 5.74) is 0. The van der Waals surface area contributed by atoms with Gasteiger partial charge in [0.2, 0.25) is 5.91 Å². The Hall–Kier alpha value is -0.650. The lowest BCUT2D eigenvalue weighted by Crippen LogP contribution is -2.50. The van der Waals surface area contributed by atoms with Gasteiger partial charge in [0.1, 0.15) is 6.10 Å². The molecule has 0 spiro atoms. The quantitative estimate of drug-likeness (QED) is 0.0459. The molecule has 0 saturated carbocycles. The van der Waals surface area contributed by atoms with E-state index in [4.69, 9.17) is 0 Å². The van der Waals surface area contributed by atoms with E-state index in [1.165, 1.54) is 270 Å². The topological polar surface area (TPSA) is 89.8 Å². The van der Waals surface area contributed by atoms with Gasteiger partial charge in [0.15, 0.2) is 0 Å². The van der Waals surface area contributed by atoms with Gasteiger partial charge >= 0.3 is 0 Å². The zero-order valence-corrected chi connectivity index (χ0v) is 41.8. The molecule has 0 aliphatic heterocycles. The zero-order chi connectivity index (χ0) is 44.4. The van der Waals surface area contributed by atoms with Crippen molar-refractivity contribution in [3.05, 3.63) is 0 Å². The maximum absolute atomic E-state index is 12.5. The van der Waals surface area contributed by atoms with Crippen molar-refractivity contribution in [3.63, 3.8) is 0 Å². The van der Waals surface area contributed by atoms with Crippen LogP contribution in [-0.4, -0.2) is 46.1 Å². The summed E-state index contributed by atoms with van der Waals surface area (Å²) in [6, 6.07) is -0.804. The molecule has 61 heavy (non-hydrogen) atoms. The molecule has 0 aromatic heterocycles. The van der Waals surface area contributed by atoms with E-state index in [2.05, 4.69) is 19.2 Å². The Labute approximate surface area is 383 Å². The second-order valence-electron chi connectivity index (χ2n) is 19.9. The Morgan fingerprint density at radius 3 is 0.787 bits per heavy atom. The van der Waals surface area contributed by atoms with Crippen LogP contribution in [0.4, 0.5) is 0 Å². The third-order valence-corrected chi connectivity index (χ3v) is 13.7. The Morgan fingerprint density at radius 1 is 0.344 bits per heavy atom.